The Labute approximate surface area is 242 Å². The molecule has 0 aromatic heterocycles. The van der Waals surface area contributed by atoms with Gasteiger partial charge in [-0.3, -0.25) is 0 Å². The molecule has 16 N–H and O–H groups in total. The van der Waals surface area contributed by atoms with Gasteiger partial charge in [-0.05, 0) is 49.4 Å². The molecule has 0 radical (unpaired) electrons. The van der Waals surface area contributed by atoms with Crippen molar-refractivity contribution in [2.45, 2.75) is 107 Å². The standard InChI is InChI=1S/4C6H14N2O.C2H8N2/c4*1-5(2)3-4-6(7)8-9;3-1-2-4/h4*5,9H,3-4H2,1-2H3,(H2,7,8);1-4H2. The van der Waals surface area contributed by atoms with Crippen molar-refractivity contribution in [1.29, 1.82) is 0 Å². The van der Waals surface area contributed by atoms with E-state index in [2.05, 4.69) is 76.0 Å². The first-order valence-electron chi connectivity index (χ1n) is 13.8. The molecule has 0 aliphatic rings. The number of nitrogens with zero attached hydrogens (tertiary/aromatic N) is 4. The second-order valence-electron chi connectivity index (χ2n) is 10.7. The van der Waals surface area contributed by atoms with E-state index in [1.54, 1.807) is 0 Å². The van der Waals surface area contributed by atoms with Crippen LogP contribution in [0.5, 0.6) is 0 Å². The number of nitrogens with two attached hydrogens (primary N) is 6. The van der Waals surface area contributed by atoms with E-state index in [9.17, 15) is 0 Å². The quantitative estimate of drug-likeness (QED) is 0.0653. The van der Waals surface area contributed by atoms with Crippen molar-refractivity contribution >= 4 is 23.3 Å². The van der Waals surface area contributed by atoms with Gasteiger partial charge in [-0.25, -0.2) is 0 Å². The minimum absolute atomic E-state index is 0.323. The van der Waals surface area contributed by atoms with Crippen LogP contribution in [0.1, 0.15) is 107 Å². The van der Waals surface area contributed by atoms with Gasteiger partial charge in [-0.1, -0.05) is 76.0 Å². The lowest BCUT2D eigenvalue weighted by molar-refractivity contribution is 0.316. The Morgan fingerprint density at radius 1 is 0.425 bits per heavy atom. The average molecular weight is 581 g/mol. The first-order valence-corrected chi connectivity index (χ1v) is 13.8. The maximum atomic E-state index is 8.11. The molecule has 0 heterocycles. The number of rotatable bonds is 13. The Balaban J connectivity index is -0.000000130. The third kappa shape index (κ3) is 59.9. The summed E-state index contributed by atoms with van der Waals surface area (Å²) in [7, 11) is 0. The van der Waals surface area contributed by atoms with E-state index in [1.807, 2.05) is 0 Å². The molecular weight excluding hydrogens is 516 g/mol. The number of oxime groups is 4. The highest BCUT2D eigenvalue weighted by atomic mass is 16.4. The summed E-state index contributed by atoms with van der Waals surface area (Å²) in [5, 5.41) is 43.9. The Hall–Kier alpha value is -3.00. The van der Waals surface area contributed by atoms with E-state index in [1.165, 1.54) is 0 Å². The van der Waals surface area contributed by atoms with Gasteiger partial charge in [0.05, 0.1) is 0 Å². The molecule has 0 atom stereocenters. The predicted molar refractivity (Wildman–Crippen MR) is 168 cm³/mol. The first-order chi connectivity index (χ1) is 18.6. The van der Waals surface area contributed by atoms with Crippen LogP contribution in [0.2, 0.25) is 0 Å². The van der Waals surface area contributed by atoms with Gasteiger partial charge in [0.25, 0.3) is 0 Å². The zero-order valence-electron chi connectivity index (χ0n) is 26.4. The lowest BCUT2D eigenvalue weighted by atomic mass is 10.1. The molecule has 0 bridgehead atoms. The number of hydrogen-bond acceptors (Lipinski definition) is 10. The fourth-order valence-electron chi connectivity index (χ4n) is 1.95. The van der Waals surface area contributed by atoms with Gasteiger partial charge in [0.1, 0.15) is 23.3 Å². The number of hydrogen-bond donors (Lipinski definition) is 10. The van der Waals surface area contributed by atoms with Crippen molar-refractivity contribution in [3.05, 3.63) is 0 Å². The molecule has 0 fully saturated rings. The van der Waals surface area contributed by atoms with E-state index < -0.39 is 0 Å². The Bertz CT molecular complexity index is 533. The highest BCUT2D eigenvalue weighted by Crippen LogP contribution is 2.04. The van der Waals surface area contributed by atoms with Crippen LogP contribution in [-0.4, -0.2) is 57.3 Å². The summed E-state index contributed by atoms with van der Waals surface area (Å²) < 4.78 is 0. The Morgan fingerprint density at radius 2 is 0.575 bits per heavy atom. The Kier molecular flexibility index (Phi) is 42.1. The van der Waals surface area contributed by atoms with Crippen LogP contribution >= 0.6 is 0 Å². The monoisotopic (exact) mass is 581 g/mol. The van der Waals surface area contributed by atoms with E-state index in [0.717, 1.165) is 25.7 Å². The molecule has 0 aromatic carbocycles. The van der Waals surface area contributed by atoms with Crippen LogP contribution in [0.3, 0.4) is 0 Å². The highest BCUT2D eigenvalue weighted by Gasteiger charge is 1.98. The molecule has 0 saturated carbocycles. The second-order valence-corrected chi connectivity index (χ2v) is 10.7. The van der Waals surface area contributed by atoms with Crippen LogP contribution in [0, 0.1) is 23.7 Å². The normalized spacial score (nSPS) is 12.1. The molecule has 0 spiro atoms. The molecule has 0 aliphatic heterocycles. The topological polar surface area (TPSA) is 286 Å². The molecule has 0 saturated heterocycles. The van der Waals surface area contributed by atoms with Crippen molar-refractivity contribution in [2.75, 3.05) is 13.1 Å². The third-order valence-electron chi connectivity index (χ3n) is 4.59. The molecule has 14 heteroatoms. The van der Waals surface area contributed by atoms with Gasteiger partial charge >= 0.3 is 0 Å². The smallest absolute Gasteiger partial charge is 0.139 e. The van der Waals surface area contributed by atoms with Crippen molar-refractivity contribution < 1.29 is 20.8 Å². The van der Waals surface area contributed by atoms with Crippen LogP contribution in [0.25, 0.3) is 0 Å². The maximum Gasteiger partial charge on any atom is 0.139 e. The summed E-state index contributed by atoms with van der Waals surface area (Å²) >= 11 is 0. The van der Waals surface area contributed by atoms with E-state index in [4.69, 9.17) is 55.2 Å². The first kappa shape index (κ1) is 46.8. The van der Waals surface area contributed by atoms with Gasteiger partial charge in [-0.2, -0.15) is 0 Å². The molecule has 0 aromatic rings. The average Bonchev–Trinajstić information content (AvgIpc) is 2.92. The summed E-state index contributed by atoms with van der Waals surface area (Å²) in [4.78, 5) is 0. The Morgan fingerprint density at radius 3 is 0.650 bits per heavy atom. The summed E-state index contributed by atoms with van der Waals surface area (Å²) in [5.74, 6) is 3.76. The van der Waals surface area contributed by atoms with Crippen LogP contribution in [0.15, 0.2) is 20.6 Å². The molecular formula is C26H64N10O4. The van der Waals surface area contributed by atoms with Gasteiger partial charge in [0, 0.05) is 38.8 Å². The lowest BCUT2D eigenvalue weighted by Crippen LogP contribution is -2.11. The van der Waals surface area contributed by atoms with E-state index in [-0.39, 0.29) is 0 Å². The SMILES string of the molecule is CC(C)CC/C(N)=N/O.CC(C)CC/C(N)=N/O.CC(C)CC/C(N)=N/O.CC(C)CC/C(N)=N\O.NCCN. The van der Waals surface area contributed by atoms with Gasteiger partial charge in [-0.15, -0.1) is 0 Å². The van der Waals surface area contributed by atoms with Gasteiger partial charge in [0.2, 0.25) is 0 Å². The van der Waals surface area contributed by atoms with Crippen molar-refractivity contribution in [2.24, 2.45) is 78.7 Å². The van der Waals surface area contributed by atoms with Crippen LogP contribution < -0.4 is 34.4 Å². The van der Waals surface area contributed by atoms with E-state index in [0.29, 0.717) is 85.8 Å². The zero-order valence-corrected chi connectivity index (χ0v) is 26.4. The highest BCUT2D eigenvalue weighted by molar-refractivity contribution is 5.80. The van der Waals surface area contributed by atoms with Gasteiger partial charge < -0.3 is 55.2 Å². The van der Waals surface area contributed by atoms with Gasteiger partial charge in [0.15, 0.2) is 0 Å². The molecule has 40 heavy (non-hydrogen) atoms. The fraction of sp³-hybridized carbons (Fsp3) is 0.846. The van der Waals surface area contributed by atoms with Crippen LogP contribution in [0.4, 0.5) is 0 Å². The molecule has 0 aliphatic carbocycles. The fourth-order valence-corrected chi connectivity index (χ4v) is 1.95. The number of amidine groups is 4. The largest absolute Gasteiger partial charge is 0.409 e. The van der Waals surface area contributed by atoms with Crippen LogP contribution in [-0.2, 0) is 0 Å². The van der Waals surface area contributed by atoms with Crippen molar-refractivity contribution in [1.82, 2.24) is 0 Å². The summed E-state index contributed by atoms with van der Waals surface area (Å²) in [6.07, 6.45) is 6.68. The van der Waals surface area contributed by atoms with Crippen molar-refractivity contribution in [3.8, 4) is 0 Å². The summed E-state index contributed by atoms with van der Waals surface area (Å²) in [6, 6.07) is 0. The minimum Gasteiger partial charge on any atom is -0.409 e. The van der Waals surface area contributed by atoms with E-state index >= 15 is 0 Å². The minimum atomic E-state index is 0.323. The third-order valence-corrected chi connectivity index (χ3v) is 4.59. The maximum absolute atomic E-state index is 8.11. The van der Waals surface area contributed by atoms with Crippen molar-refractivity contribution in [3.63, 3.8) is 0 Å². The predicted octanol–water partition coefficient (Wildman–Crippen LogP) is 3.58. The summed E-state index contributed by atoms with van der Waals surface area (Å²) in [5.41, 5.74) is 30.7. The molecule has 0 rings (SSSR count). The molecule has 0 unspecified atom stereocenters. The molecule has 14 nitrogen and oxygen atoms in total. The molecule has 242 valence electrons. The zero-order chi connectivity index (χ0) is 32.5. The molecule has 0 amide bonds. The summed E-state index contributed by atoms with van der Waals surface area (Å²) in [6.45, 7) is 18.0. The second kappa shape index (κ2) is 36.0. The lowest BCUT2D eigenvalue weighted by Gasteiger charge is -2.00.